The molecule has 1 rings (SSSR count). The summed E-state index contributed by atoms with van der Waals surface area (Å²) in [5.74, 6) is 0.164. The maximum atomic E-state index is 11.5. The molecule has 12 heavy (non-hydrogen) atoms. The first-order valence-corrected chi connectivity index (χ1v) is 4.75. The second-order valence-corrected chi connectivity index (χ2v) is 3.95. The van der Waals surface area contributed by atoms with Crippen molar-refractivity contribution in [2.45, 2.75) is 12.8 Å². The smallest absolute Gasteiger partial charge is 0.230 e. The standard InChI is InChI=1S/C9H13NOS/c1-7(9(11)10(2)3)8-5-4-6-12-8/h4-7H,1-3H3. The van der Waals surface area contributed by atoms with Crippen LogP contribution in [-0.4, -0.2) is 24.9 Å². The van der Waals surface area contributed by atoms with E-state index in [1.807, 2.05) is 24.4 Å². The minimum Gasteiger partial charge on any atom is -0.348 e. The lowest BCUT2D eigenvalue weighted by molar-refractivity contribution is -0.129. The minimum absolute atomic E-state index is 0.000000000000000666. The number of hydrogen-bond donors (Lipinski definition) is 0. The maximum absolute atomic E-state index is 11.5. The summed E-state index contributed by atoms with van der Waals surface area (Å²) in [6.45, 7) is 1.94. The predicted octanol–water partition coefficient (Wildman–Crippen LogP) is 1.94. The molecular formula is C9H13NOS. The molecular weight excluding hydrogens is 170 g/mol. The minimum atomic E-state index is -0.000000000000000666. The molecule has 1 atom stereocenters. The van der Waals surface area contributed by atoms with Crippen LogP contribution in [0.25, 0.3) is 0 Å². The van der Waals surface area contributed by atoms with E-state index in [1.165, 1.54) is 0 Å². The molecule has 0 fully saturated rings. The molecule has 3 heteroatoms. The van der Waals surface area contributed by atoms with Gasteiger partial charge in [0.1, 0.15) is 0 Å². The lowest BCUT2D eigenvalue weighted by atomic mass is 10.1. The first-order chi connectivity index (χ1) is 5.63. The molecule has 0 saturated heterocycles. The molecule has 0 aliphatic rings. The van der Waals surface area contributed by atoms with Crippen molar-refractivity contribution in [3.05, 3.63) is 22.4 Å². The van der Waals surface area contributed by atoms with E-state index in [9.17, 15) is 4.79 Å². The number of nitrogens with zero attached hydrogens (tertiary/aromatic N) is 1. The summed E-state index contributed by atoms with van der Waals surface area (Å²) in [6, 6.07) is 3.97. The third-order valence-electron chi connectivity index (χ3n) is 1.78. The molecule has 0 aliphatic carbocycles. The van der Waals surface area contributed by atoms with Crippen LogP contribution in [-0.2, 0) is 4.79 Å². The van der Waals surface area contributed by atoms with Crippen LogP contribution in [0.5, 0.6) is 0 Å². The molecule has 66 valence electrons. The summed E-state index contributed by atoms with van der Waals surface area (Å²) in [7, 11) is 3.57. The Morgan fingerprint density at radius 3 is 2.67 bits per heavy atom. The molecule has 0 aliphatic heterocycles. The summed E-state index contributed by atoms with van der Waals surface area (Å²) in [5, 5.41) is 1.99. The Bertz CT molecular complexity index is 254. The Hall–Kier alpha value is -0.830. The quantitative estimate of drug-likeness (QED) is 0.686. The van der Waals surface area contributed by atoms with Crippen LogP contribution in [0.2, 0.25) is 0 Å². The van der Waals surface area contributed by atoms with Crippen LogP contribution in [0.3, 0.4) is 0 Å². The first-order valence-electron chi connectivity index (χ1n) is 3.87. The summed E-state index contributed by atoms with van der Waals surface area (Å²) >= 11 is 1.63. The highest BCUT2D eigenvalue weighted by molar-refractivity contribution is 7.10. The van der Waals surface area contributed by atoms with Crippen LogP contribution in [0.1, 0.15) is 17.7 Å². The zero-order chi connectivity index (χ0) is 9.14. The van der Waals surface area contributed by atoms with Crippen molar-refractivity contribution in [2.75, 3.05) is 14.1 Å². The van der Waals surface area contributed by atoms with E-state index in [0.29, 0.717) is 0 Å². The average Bonchev–Trinajstić information content (AvgIpc) is 2.53. The molecule has 0 radical (unpaired) electrons. The Morgan fingerprint density at radius 1 is 1.58 bits per heavy atom. The van der Waals surface area contributed by atoms with Crippen molar-refractivity contribution in [3.63, 3.8) is 0 Å². The summed E-state index contributed by atoms with van der Waals surface area (Å²) in [5.41, 5.74) is 0. The van der Waals surface area contributed by atoms with Gasteiger partial charge in [-0.1, -0.05) is 6.07 Å². The lowest BCUT2D eigenvalue weighted by Crippen LogP contribution is -2.26. The van der Waals surface area contributed by atoms with E-state index in [0.717, 1.165) is 4.88 Å². The summed E-state index contributed by atoms with van der Waals surface area (Å²) in [6.07, 6.45) is 0. The van der Waals surface area contributed by atoms with E-state index in [-0.39, 0.29) is 11.8 Å². The fraction of sp³-hybridized carbons (Fsp3) is 0.444. The Morgan fingerprint density at radius 2 is 2.25 bits per heavy atom. The van der Waals surface area contributed by atoms with Gasteiger partial charge in [0, 0.05) is 19.0 Å². The van der Waals surface area contributed by atoms with Gasteiger partial charge >= 0.3 is 0 Å². The monoisotopic (exact) mass is 183 g/mol. The number of likely N-dealkylation sites (N-methyl/N-ethyl adjacent to an activating group) is 1. The van der Waals surface area contributed by atoms with Crippen molar-refractivity contribution >= 4 is 17.2 Å². The van der Waals surface area contributed by atoms with Gasteiger partial charge in [-0.25, -0.2) is 0 Å². The van der Waals surface area contributed by atoms with E-state index in [2.05, 4.69) is 0 Å². The molecule has 1 aromatic heterocycles. The molecule has 0 N–H and O–H groups in total. The van der Waals surface area contributed by atoms with E-state index < -0.39 is 0 Å². The van der Waals surface area contributed by atoms with Crippen LogP contribution < -0.4 is 0 Å². The molecule has 1 amide bonds. The zero-order valence-corrected chi connectivity index (χ0v) is 8.39. The fourth-order valence-corrected chi connectivity index (χ4v) is 1.82. The largest absolute Gasteiger partial charge is 0.348 e. The topological polar surface area (TPSA) is 20.3 Å². The van der Waals surface area contributed by atoms with Crippen LogP contribution in [0.15, 0.2) is 17.5 Å². The van der Waals surface area contributed by atoms with E-state index in [1.54, 1.807) is 30.3 Å². The SMILES string of the molecule is CC(C(=O)N(C)C)c1cccs1. The van der Waals surface area contributed by atoms with Gasteiger partial charge in [-0.2, -0.15) is 0 Å². The second kappa shape index (κ2) is 3.72. The molecule has 1 heterocycles. The van der Waals surface area contributed by atoms with Gasteiger partial charge in [0.15, 0.2) is 0 Å². The van der Waals surface area contributed by atoms with Gasteiger partial charge in [-0.05, 0) is 18.4 Å². The van der Waals surface area contributed by atoms with Crippen LogP contribution in [0.4, 0.5) is 0 Å². The molecule has 1 unspecified atom stereocenters. The number of carbonyl (C=O) groups is 1. The van der Waals surface area contributed by atoms with E-state index in [4.69, 9.17) is 0 Å². The molecule has 0 bridgehead atoms. The van der Waals surface area contributed by atoms with E-state index >= 15 is 0 Å². The van der Waals surface area contributed by atoms with Crippen molar-refractivity contribution < 1.29 is 4.79 Å². The molecule has 0 aromatic carbocycles. The van der Waals surface area contributed by atoms with Gasteiger partial charge in [-0.3, -0.25) is 4.79 Å². The first kappa shape index (κ1) is 9.26. The number of carbonyl (C=O) groups excluding carboxylic acids is 1. The van der Waals surface area contributed by atoms with Crippen LogP contribution >= 0.6 is 11.3 Å². The molecule has 2 nitrogen and oxygen atoms in total. The predicted molar refractivity (Wildman–Crippen MR) is 51.4 cm³/mol. The third kappa shape index (κ3) is 1.85. The zero-order valence-electron chi connectivity index (χ0n) is 7.57. The van der Waals surface area contributed by atoms with Gasteiger partial charge in [0.25, 0.3) is 0 Å². The highest BCUT2D eigenvalue weighted by atomic mass is 32.1. The van der Waals surface area contributed by atoms with Crippen LogP contribution in [0, 0.1) is 0 Å². The highest BCUT2D eigenvalue weighted by Crippen LogP contribution is 2.21. The number of thiophene rings is 1. The fourth-order valence-electron chi connectivity index (χ4n) is 1.05. The Labute approximate surface area is 76.8 Å². The number of amides is 1. The summed E-state index contributed by atoms with van der Waals surface area (Å²) < 4.78 is 0. The molecule has 0 spiro atoms. The van der Waals surface area contributed by atoms with Gasteiger partial charge < -0.3 is 4.90 Å². The molecule has 1 aromatic rings. The second-order valence-electron chi connectivity index (χ2n) is 2.97. The number of rotatable bonds is 2. The Balaban J connectivity index is 2.72. The Kier molecular flexibility index (Phi) is 2.87. The highest BCUT2D eigenvalue weighted by Gasteiger charge is 2.17. The number of hydrogen-bond acceptors (Lipinski definition) is 2. The summed E-state index contributed by atoms with van der Waals surface area (Å²) in [4.78, 5) is 14.2. The average molecular weight is 183 g/mol. The lowest BCUT2D eigenvalue weighted by Gasteiger charge is -2.15. The van der Waals surface area contributed by atoms with Crippen molar-refractivity contribution in [2.24, 2.45) is 0 Å². The van der Waals surface area contributed by atoms with Gasteiger partial charge in [0.2, 0.25) is 5.91 Å². The normalized spacial score (nSPS) is 12.6. The molecule has 0 saturated carbocycles. The van der Waals surface area contributed by atoms with Crippen molar-refractivity contribution in [3.8, 4) is 0 Å². The maximum Gasteiger partial charge on any atom is 0.230 e. The van der Waals surface area contributed by atoms with Gasteiger partial charge in [0.05, 0.1) is 5.92 Å². The van der Waals surface area contributed by atoms with Crippen molar-refractivity contribution in [1.29, 1.82) is 0 Å². The third-order valence-corrected chi connectivity index (χ3v) is 2.84. The van der Waals surface area contributed by atoms with Crippen molar-refractivity contribution in [1.82, 2.24) is 4.90 Å². The van der Waals surface area contributed by atoms with Gasteiger partial charge in [-0.15, -0.1) is 11.3 Å².